The molecule has 0 spiro atoms. The molecule has 1 aliphatic heterocycles. The number of nitrogens with zero attached hydrogens (tertiary/aromatic N) is 1. The third-order valence-electron chi connectivity index (χ3n) is 4.78. The van der Waals surface area contributed by atoms with Gasteiger partial charge in [0.1, 0.15) is 0 Å². The topological polar surface area (TPSA) is 75.4 Å². The summed E-state index contributed by atoms with van der Waals surface area (Å²) in [6.07, 6.45) is 1.61. The van der Waals surface area contributed by atoms with E-state index >= 15 is 0 Å². The smallest absolute Gasteiger partial charge is 0.225 e. The van der Waals surface area contributed by atoms with Gasteiger partial charge in [0, 0.05) is 31.1 Å². The van der Waals surface area contributed by atoms with Crippen LogP contribution in [0.5, 0.6) is 0 Å². The van der Waals surface area contributed by atoms with Crippen molar-refractivity contribution in [1.29, 1.82) is 0 Å². The first-order chi connectivity index (χ1) is 11.4. The molecule has 2 atom stereocenters. The molecule has 1 fully saturated rings. The first-order valence-electron chi connectivity index (χ1n) is 8.79. The molecule has 1 aromatic rings. The van der Waals surface area contributed by atoms with Crippen LogP contribution in [0.25, 0.3) is 0 Å². The van der Waals surface area contributed by atoms with Crippen molar-refractivity contribution in [1.82, 2.24) is 10.2 Å². The van der Waals surface area contributed by atoms with E-state index < -0.39 is 0 Å². The van der Waals surface area contributed by atoms with Gasteiger partial charge in [0.05, 0.1) is 5.92 Å². The normalized spacial score (nSPS) is 17.6. The molecular formula is C19H30ClN3O2. The maximum Gasteiger partial charge on any atom is 0.225 e. The van der Waals surface area contributed by atoms with Crippen LogP contribution in [0.4, 0.5) is 0 Å². The van der Waals surface area contributed by atoms with Gasteiger partial charge in [-0.25, -0.2) is 0 Å². The predicted octanol–water partition coefficient (Wildman–Crippen LogP) is 2.51. The highest BCUT2D eigenvalue weighted by Gasteiger charge is 2.28. The van der Waals surface area contributed by atoms with Crippen LogP contribution in [-0.2, 0) is 9.59 Å². The third kappa shape index (κ3) is 5.72. The van der Waals surface area contributed by atoms with E-state index in [1.807, 2.05) is 56.0 Å². The number of hydrogen-bond acceptors (Lipinski definition) is 3. The van der Waals surface area contributed by atoms with Gasteiger partial charge < -0.3 is 16.0 Å². The summed E-state index contributed by atoms with van der Waals surface area (Å²) in [4.78, 5) is 26.4. The Balaban J connectivity index is 0.00000312. The second-order valence-corrected chi connectivity index (χ2v) is 6.99. The molecule has 1 saturated heterocycles. The molecule has 0 aliphatic carbocycles. The number of benzene rings is 1. The van der Waals surface area contributed by atoms with Crippen LogP contribution in [0.3, 0.4) is 0 Å². The second-order valence-electron chi connectivity index (χ2n) is 6.99. The lowest BCUT2D eigenvalue weighted by atomic mass is 9.93. The number of hydrogen-bond donors (Lipinski definition) is 2. The number of amides is 2. The summed E-state index contributed by atoms with van der Waals surface area (Å²) in [5.41, 5.74) is 7.20. The predicted molar refractivity (Wildman–Crippen MR) is 102 cm³/mol. The number of nitrogens with two attached hydrogens (primary N) is 1. The molecule has 1 heterocycles. The number of likely N-dealkylation sites (tertiary alicyclic amines) is 1. The van der Waals surface area contributed by atoms with Crippen LogP contribution in [0.1, 0.15) is 45.2 Å². The van der Waals surface area contributed by atoms with E-state index in [9.17, 15) is 9.59 Å². The van der Waals surface area contributed by atoms with Gasteiger partial charge >= 0.3 is 0 Å². The average molecular weight is 368 g/mol. The second kappa shape index (κ2) is 9.78. The number of halogens is 1. The van der Waals surface area contributed by atoms with Crippen molar-refractivity contribution in [2.45, 2.75) is 45.7 Å². The van der Waals surface area contributed by atoms with Gasteiger partial charge in [-0.2, -0.15) is 0 Å². The summed E-state index contributed by atoms with van der Waals surface area (Å²) in [6.45, 7) is 7.12. The van der Waals surface area contributed by atoms with E-state index in [1.54, 1.807) is 0 Å². The van der Waals surface area contributed by atoms with Gasteiger partial charge in [-0.1, -0.05) is 51.1 Å². The van der Waals surface area contributed by atoms with Crippen molar-refractivity contribution in [3.05, 3.63) is 35.9 Å². The maximum atomic E-state index is 12.5. The summed E-state index contributed by atoms with van der Waals surface area (Å²) in [5.74, 6) is -0.0815. The fraction of sp³-hybridized carbons (Fsp3) is 0.579. The number of carbonyl (C=O) groups is 2. The lowest BCUT2D eigenvalue weighted by Crippen LogP contribution is -2.49. The SMILES string of the molecule is CC(C)C(=O)N1CCC(NC(=O)C(C)C(N)c2ccccc2)CC1.Cl. The highest BCUT2D eigenvalue weighted by atomic mass is 35.5. The molecule has 1 aromatic carbocycles. The zero-order valence-corrected chi connectivity index (χ0v) is 16.1. The average Bonchev–Trinajstić information content (AvgIpc) is 2.61. The highest BCUT2D eigenvalue weighted by Crippen LogP contribution is 2.20. The number of nitrogens with one attached hydrogen (secondary N) is 1. The fourth-order valence-corrected chi connectivity index (χ4v) is 3.07. The molecule has 0 radical (unpaired) electrons. The van der Waals surface area contributed by atoms with Gasteiger partial charge in [0.2, 0.25) is 11.8 Å². The van der Waals surface area contributed by atoms with Crippen LogP contribution in [0, 0.1) is 11.8 Å². The lowest BCUT2D eigenvalue weighted by molar-refractivity contribution is -0.135. The van der Waals surface area contributed by atoms with E-state index in [2.05, 4.69) is 5.32 Å². The molecular weight excluding hydrogens is 338 g/mol. The Labute approximate surface area is 156 Å². The zero-order chi connectivity index (χ0) is 17.7. The van der Waals surface area contributed by atoms with Crippen LogP contribution >= 0.6 is 12.4 Å². The molecule has 6 heteroatoms. The lowest BCUT2D eigenvalue weighted by Gasteiger charge is -2.34. The first kappa shape index (κ1) is 21.5. The molecule has 2 rings (SSSR count). The van der Waals surface area contributed by atoms with E-state index in [-0.39, 0.29) is 48.1 Å². The standard InChI is InChI=1S/C19H29N3O2.ClH/c1-13(2)19(24)22-11-9-16(10-12-22)21-18(23)14(3)17(20)15-7-5-4-6-8-15;/h4-8,13-14,16-17H,9-12,20H2,1-3H3,(H,21,23);1H. The molecule has 1 aliphatic rings. The number of carbonyl (C=O) groups excluding carboxylic acids is 2. The van der Waals surface area contributed by atoms with Gasteiger partial charge in [0.15, 0.2) is 0 Å². The summed E-state index contributed by atoms with van der Waals surface area (Å²) in [6, 6.07) is 9.51. The zero-order valence-electron chi connectivity index (χ0n) is 15.3. The minimum absolute atomic E-state index is 0. The largest absolute Gasteiger partial charge is 0.353 e. The molecule has 0 aromatic heterocycles. The summed E-state index contributed by atoms with van der Waals surface area (Å²) in [5, 5.41) is 3.10. The third-order valence-corrected chi connectivity index (χ3v) is 4.78. The van der Waals surface area contributed by atoms with Gasteiger partial charge in [-0.05, 0) is 18.4 Å². The Hall–Kier alpha value is -1.59. The molecule has 2 amide bonds. The van der Waals surface area contributed by atoms with Crippen LogP contribution in [0.2, 0.25) is 0 Å². The summed E-state index contributed by atoms with van der Waals surface area (Å²) < 4.78 is 0. The maximum absolute atomic E-state index is 12.5. The van der Waals surface area contributed by atoms with Crippen molar-refractivity contribution in [2.24, 2.45) is 17.6 Å². The van der Waals surface area contributed by atoms with Gasteiger partial charge in [0.25, 0.3) is 0 Å². The molecule has 25 heavy (non-hydrogen) atoms. The van der Waals surface area contributed by atoms with E-state index in [0.717, 1.165) is 18.4 Å². The summed E-state index contributed by atoms with van der Waals surface area (Å²) >= 11 is 0. The minimum atomic E-state index is -0.311. The summed E-state index contributed by atoms with van der Waals surface area (Å²) in [7, 11) is 0. The Kier molecular flexibility index (Phi) is 8.39. The molecule has 5 nitrogen and oxygen atoms in total. The van der Waals surface area contributed by atoms with Crippen molar-refractivity contribution in [2.75, 3.05) is 13.1 Å². The Morgan fingerprint density at radius 2 is 1.68 bits per heavy atom. The molecule has 3 N–H and O–H groups in total. The van der Waals surface area contributed by atoms with Gasteiger partial charge in [-0.3, -0.25) is 9.59 Å². The van der Waals surface area contributed by atoms with E-state index in [0.29, 0.717) is 13.1 Å². The molecule has 0 saturated carbocycles. The van der Waals surface area contributed by atoms with Crippen LogP contribution < -0.4 is 11.1 Å². The Morgan fingerprint density at radius 1 is 1.12 bits per heavy atom. The quantitative estimate of drug-likeness (QED) is 0.839. The Morgan fingerprint density at radius 3 is 2.20 bits per heavy atom. The number of rotatable bonds is 5. The van der Waals surface area contributed by atoms with Crippen LogP contribution in [-0.4, -0.2) is 35.8 Å². The minimum Gasteiger partial charge on any atom is -0.353 e. The van der Waals surface area contributed by atoms with E-state index in [1.165, 1.54) is 0 Å². The van der Waals surface area contributed by atoms with Crippen molar-refractivity contribution < 1.29 is 9.59 Å². The van der Waals surface area contributed by atoms with Crippen LogP contribution in [0.15, 0.2) is 30.3 Å². The molecule has 2 unspecified atom stereocenters. The van der Waals surface area contributed by atoms with Gasteiger partial charge in [-0.15, -0.1) is 12.4 Å². The Bertz CT molecular complexity index is 557. The monoisotopic (exact) mass is 367 g/mol. The number of piperidine rings is 1. The molecule has 140 valence electrons. The molecule has 0 bridgehead atoms. The first-order valence-corrected chi connectivity index (χ1v) is 8.79. The van der Waals surface area contributed by atoms with Crippen molar-refractivity contribution >= 4 is 24.2 Å². The van der Waals surface area contributed by atoms with Crippen molar-refractivity contribution in [3.63, 3.8) is 0 Å². The van der Waals surface area contributed by atoms with E-state index in [4.69, 9.17) is 5.73 Å². The van der Waals surface area contributed by atoms with Crippen molar-refractivity contribution in [3.8, 4) is 0 Å². The fourth-order valence-electron chi connectivity index (χ4n) is 3.07. The highest BCUT2D eigenvalue weighted by molar-refractivity contribution is 5.85.